The Kier molecular flexibility index (Phi) is 1.18. The topological polar surface area (TPSA) is 24.1 Å². The lowest BCUT2D eigenvalue weighted by Gasteiger charge is -2.32. The summed E-state index contributed by atoms with van der Waals surface area (Å²) in [7, 11) is 0. The van der Waals surface area contributed by atoms with Crippen molar-refractivity contribution in [2.45, 2.75) is 32.4 Å². The van der Waals surface area contributed by atoms with Gasteiger partial charge in [-0.3, -0.25) is 10.9 Å². The molecule has 3 fully saturated rings. The summed E-state index contributed by atoms with van der Waals surface area (Å²) in [6.07, 6.45) is 6.39. The molecule has 0 aromatic heterocycles. The summed E-state index contributed by atoms with van der Waals surface area (Å²) in [6.45, 7) is 4.85. The zero-order valence-corrected chi connectivity index (χ0v) is 8.83. The second-order valence-corrected chi connectivity index (χ2v) is 6.17. The summed E-state index contributed by atoms with van der Waals surface area (Å²) < 4.78 is 0. The molecule has 0 amide bonds. The van der Waals surface area contributed by atoms with E-state index in [1.54, 1.807) is 0 Å². The normalized spacial score (nSPS) is 61.0. The Morgan fingerprint density at radius 2 is 1.50 bits per heavy atom. The van der Waals surface area contributed by atoms with Crippen molar-refractivity contribution < 1.29 is 0 Å². The van der Waals surface area contributed by atoms with Crippen LogP contribution in [0.1, 0.15) is 20.3 Å². The first-order chi connectivity index (χ1) is 6.69. The van der Waals surface area contributed by atoms with E-state index in [2.05, 4.69) is 36.9 Å². The van der Waals surface area contributed by atoms with Crippen molar-refractivity contribution in [1.82, 2.24) is 10.9 Å². The number of hydrazine groups is 1. The van der Waals surface area contributed by atoms with Gasteiger partial charge in [0, 0.05) is 12.1 Å². The molecule has 3 aliphatic carbocycles. The molecule has 0 radical (unpaired) electrons. The van der Waals surface area contributed by atoms with Crippen molar-refractivity contribution in [2.75, 3.05) is 0 Å². The Bertz CT molecular complexity index is 292. The fraction of sp³-hybridized carbons (Fsp3) is 0.833. The van der Waals surface area contributed by atoms with Gasteiger partial charge in [-0.25, -0.2) is 0 Å². The summed E-state index contributed by atoms with van der Waals surface area (Å²) in [4.78, 5) is 0. The minimum Gasteiger partial charge on any atom is -0.254 e. The molecule has 76 valence electrons. The van der Waals surface area contributed by atoms with E-state index in [4.69, 9.17) is 0 Å². The quantitative estimate of drug-likeness (QED) is 0.444. The average molecular weight is 190 g/mol. The molecule has 6 atom stereocenters. The van der Waals surface area contributed by atoms with Crippen LogP contribution in [0.3, 0.4) is 0 Å². The van der Waals surface area contributed by atoms with E-state index in [1.165, 1.54) is 6.42 Å². The van der Waals surface area contributed by atoms with Crippen molar-refractivity contribution in [3.63, 3.8) is 0 Å². The molecule has 2 N–H and O–H groups in total. The maximum atomic E-state index is 3.52. The molecule has 0 aromatic rings. The highest BCUT2D eigenvalue weighted by atomic mass is 15.5. The van der Waals surface area contributed by atoms with Crippen molar-refractivity contribution >= 4 is 0 Å². The molecule has 4 rings (SSSR count). The Morgan fingerprint density at radius 1 is 1.00 bits per heavy atom. The minimum absolute atomic E-state index is 0.457. The Balaban J connectivity index is 1.83. The summed E-state index contributed by atoms with van der Waals surface area (Å²) >= 11 is 0. The first-order valence-corrected chi connectivity index (χ1v) is 5.89. The molecule has 1 saturated heterocycles. The lowest BCUT2D eigenvalue weighted by Crippen LogP contribution is -2.49. The highest BCUT2D eigenvalue weighted by Crippen LogP contribution is 2.62. The summed E-state index contributed by atoms with van der Waals surface area (Å²) in [5, 5.41) is 0. The van der Waals surface area contributed by atoms with E-state index >= 15 is 0 Å². The van der Waals surface area contributed by atoms with Crippen LogP contribution >= 0.6 is 0 Å². The van der Waals surface area contributed by atoms with Gasteiger partial charge in [0.2, 0.25) is 0 Å². The van der Waals surface area contributed by atoms with Crippen LogP contribution in [-0.4, -0.2) is 12.1 Å². The van der Waals surface area contributed by atoms with E-state index in [-0.39, 0.29) is 0 Å². The maximum Gasteiger partial charge on any atom is 0.0316 e. The third kappa shape index (κ3) is 0.636. The van der Waals surface area contributed by atoms with Crippen molar-refractivity contribution in [3.8, 4) is 0 Å². The molecule has 14 heavy (non-hydrogen) atoms. The van der Waals surface area contributed by atoms with Crippen LogP contribution in [0.15, 0.2) is 12.2 Å². The Morgan fingerprint density at radius 3 is 2.00 bits per heavy atom. The van der Waals surface area contributed by atoms with E-state index in [1.807, 2.05) is 0 Å². The third-order valence-electron chi connectivity index (χ3n) is 5.35. The molecule has 1 aliphatic heterocycles. The highest BCUT2D eigenvalue weighted by molar-refractivity contribution is 5.26. The number of fused-ring (bicyclic) bond motifs is 9. The first kappa shape index (κ1) is 7.89. The largest absolute Gasteiger partial charge is 0.254 e. The van der Waals surface area contributed by atoms with Gasteiger partial charge in [0.15, 0.2) is 0 Å². The lowest BCUT2D eigenvalue weighted by atomic mass is 9.81. The summed E-state index contributed by atoms with van der Waals surface area (Å²) in [6, 6.07) is 1.41. The van der Waals surface area contributed by atoms with Crippen molar-refractivity contribution in [3.05, 3.63) is 12.2 Å². The molecule has 0 spiro atoms. The molecule has 2 saturated carbocycles. The van der Waals surface area contributed by atoms with Gasteiger partial charge in [-0.05, 0) is 35.5 Å². The smallest absolute Gasteiger partial charge is 0.0316 e. The molecule has 0 aromatic carbocycles. The van der Waals surface area contributed by atoms with E-state index in [0.29, 0.717) is 17.5 Å². The van der Waals surface area contributed by atoms with Crippen LogP contribution in [0.2, 0.25) is 0 Å². The monoisotopic (exact) mass is 190 g/mol. The number of nitrogens with one attached hydrogen (secondary N) is 2. The third-order valence-corrected chi connectivity index (χ3v) is 5.35. The van der Waals surface area contributed by atoms with Crippen LogP contribution < -0.4 is 10.9 Å². The van der Waals surface area contributed by atoms with Crippen LogP contribution in [0.5, 0.6) is 0 Å². The van der Waals surface area contributed by atoms with Crippen LogP contribution in [0.25, 0.3) is 0 Å². The summed E-state index contributed by atoms with van der Waals surface area (Å²) in [5.41, 5.74) is 7.49. The van der Waals surface area contributed by atoms with E-state index < -0.39 is 0 Å². The number of rotatable bonds is 0. The Labute approximate surface area is 85.1 Å². The zero-order chi connectivity index (χ0) is 9.50. The van der Waals surface area contributed by atoms with Crippen LogP contribution in [0.4, 0.5) is 0 Å². The maximum absolute atomic E-state index is 3.52. The molecular weight excluding hydrogens is 172 g/mol. The van der Waals surface area contributed by atoms with Gasteiger partial charge in [-0.2, -0.15) is 0 Å². The second kappa shape index (κ2) is 2.10. The van der Waals surface area contributed by atoms with Crippen molar-refractivity contribution in [1.29, 1.82) is 0 Å². The zero-order valence-electron chi connectivity index (χ0n) is 8.83. The van der Waals surface area contributed by atoms with Crippen LogP contribution in [-0.2, 0) is 0 Å². The van der Waals surface area contributed by atoms with Gasteiger partial charge in [0.1, 0.15) is 0 Å². The minimum atomic E-state index is 0.457. The number of allylic oxidation sites excluding steroid dienone is 2. The fourth-order valence-electron chi connectivity index (χ4n) is 4.77. The van der Waals surface area contributed by atoms with Gasteiger partial charge in [-0.15, -0.1) is 0 Å². The second-order valence-electron chi connectivity index (χ2n) is 6.17. The standard InChI is InChI=1S/C12H18N2/c1-12(2)10-8-6-3-4-7(5-6)9(8)11(12)14-13-10/h3-4,6-11,13-14H,5H2,1-2H3. The van der Waals surface area contributed by atoms with Gasteiger partial charge >= 0.3 is 0 Å². The lowest BCUT2D eigenvalue weighted by molar-refractivity contribution is 0.213. The van der Waals surface area contributed by atoms with Crippen LogP contribution in [0, 0.1) is 29.1 Å². The SMILES string of the molecule is CC1(C)C2NNC1C1C3C=CC(C3)C12. The van der Waals surface area contributed by atoms with E-state index in [9.17, 15) is 0 Å². The Hall–Kier alpha value is -0.340. The molecular formula is C12H18N2. The molecule has 4 aliphatic rings. The van der Waals surface area contributed by atoms with Gasteiger partial charge in [0.25, 0.3) is 0 Å². The molecule has 4 bridgehead atoms. The number of hydrogen-bond donors (Lipinski definition) is 2. The van der Waals surface area contributed by atoms with E-state index in [0.717, 1.165) is 23.7 Å². The number of hydrogen-bond acceptors (Lipinski definition) is 2. The molecule has 2 heteroatoms. The first-order valence-electron chi connectivity index (χ1n) is 5.89. The predicted octanol–water partition coefficient (Wildman–Crippen LogP) is 1.31. The fourth-order valence-corrected chi connectivity index (χ4v) is 4.77. The molecule has 1 heterocycles. The summed E-state index contributed by atoms with van der Waals surface area (Å²) in [5.74, 6) is 3.61. The van der Waals surface area contributed by atoms with Gasteiger partial charge in [-0.1, -0.05) is 26.0 Å². The average Bonchev–Trinajstić information content (AvgIpc) is 2.84. The van der Waals surface area contributed by atoms with Gasteiger partial charge < -0.3 is 0 Å². The van der Waals surface area contributed by atoms with Crippen molar-refractivity contribution in [2.24, 2.45) is 29.1 Å². The van der Waals surface area contributed by atoms with Gasteiger partial charge in [0.05, 0.1) is 0 Å². The predicted molar refractivity (Wildman–Crippen MR) is 55.3 cm³/mol. The molecule has 6 unspecified atom stereocenters. The highest BCUT2D eigenvalue weighted by Gasteiger charge is 2.66. The molecule has 2 nitrogen and oxygen atoms in total.